The first-order valence-corrected chi connectivity index (χ1v) is 6.13. The minimum atomic E-state index is -1.05. The third kappa shape index (κ3) is 3.17. The van der Waals surface area contributed by atoms with E-state index < -0.39 is 5.54 Å². The van der Waals surface area contributed by atoms with E-state index in [9.17, 15) is 4.79 Å². The van der Waals surface area contributed by atoms with Gasteiger partial charge in [-0.1, -0.05) is 36.4 Å². The van der Waals surface area contributed by atoms with Gasteiger partial charge in [0.05, 0.1) is 12.2 Å². The van der Waals surface area contributed by atoms with Crippen LogP contribution in [0.3, 0.4) is 0 Å². The molecule has 4 nitrogen and oxygen atoms in total. The van der Waals surface area contributed by atoms with Crippen LogP contribution >= 0.6 is 0 Å². The van der Waals surface area contributed by atoms with Crippen LogP contribution in [-0.2, 0) is 16.9 Å². The molecule has 0 saturated carbocycles. The van der Waals surface area contributed by atoms with Crippen LogP contribution in [-0.4, -0.2) is 10.9 Å². The topological polar surface area (TPSA) is 68.0 Å². The third-order valence-corrected chi connectivity index (χ3v) is 3.00. The number of aromatic nitrogens is 1. The summed E-state index contributed by atoms with van der Waals surface area (Å²) in [6.07, 6.45) is 1.69. The Morgan fingerprint density at radius 2 is 1.89 bits per heavy atom. The molecule has 98 valence electrons. The van der Waals surface area contributed by atoms with Crippen LogP contribution < -0.4 is 11.1 Å². The molecule has 0 aliphatic rings. The molecular formula is C15H17N3O. The number of hydrogen-bond acceptors (Lipinski definition) is 3. The molecule has 0 fully saturated rings. The molecule has 19 heavy (non-hydrogen) atoms. The van der Waals surface area contributed by atoms with Crippen molar-refractivity contribution in [2.45, 2.75) is 19.0 Å². The van der Waals surface area contributed by atoms with Crippen LogP contribution in [0.15, 0.2) is 54.7 Å². The molecule has 1 amide bonds. The molecule has 0 aliphatic heterocycles. The van der Waals surface area contributed by atoms with Gasteiger partial charge in [-0.25, -0.2) is 0 Å². The van der Waals surface area contributed by atoms with Gasteiger partial charge in [0.15, 0.2) is 0 Å². The Morgan fingerprint density at radius 3 is 2.53 bits per heavy atom. The molecule has 4 heteroatoms. The first-order valence-electron chi connectivity index (χ1n) is 6.13. The van der Waals surface area contributed by atoms with Crippen LogP contribution in [0.25, 0.3) is 0 Å². The first kappa shape index (κ1) is 13.2. The highest BCUT2D eigenvalue weighted by Gasteiger charge is 2.29. The summed E-state index contributed by atoms with van der Waals surface area (Å²) in [5, 5.41) is 2.81. The molecule has 2 aromatic rings. The van der Waals surface area contributed by atoms with E-state index in [2.05, 4.69) is 10.3 Å². The van der Waals surface area contributed by atoms with E-state index in [1.165, 1.54) is 0 Å². The maximum absolute atomic E-state index is 12.2. The lowest BCUT2D eigenvalue weighted by Gasteiger charge is -2.24. The standard InChI is InChI=1S/C15H17N3O/c1-15(16,12-7-3-2-4-8-12)14(19)18-11-13-9-5-6-10-17-13/h2-10H,11,16H2,1H3,(H,18,19). The van der Waals surface area contributed by atoms with Gasteiger partial charge in [0, 0.05) is 6.20 Å². The molecule has 0 spiro atoms. The summed E-state index contributed by atoms with van der Waals surface area (Å²) in [7, 11) is 0. The lowest BCUT2D eigenvalue weighted by molar-refractivity contribution is -0.126. The second-order valence-corrected chi connectivity index (χ2v) is 4.57. The van der Waals surface area contributed by atoms with E-state index in [0.717, 1.165) is 11.3 Å². The number of nitrogens with one attached hydrogen (secondary N) is 1. The molecule has 0 radical (unpaired) electrons. The number of benzene rings is 1. The number of rotatable bonds is 4. The average molecular weight is 255 g/mol. The molecule has 2 rings (SSSR count). The second-order valence-electron chi connectivity index (χ2n) is 4.57. The van der Waals surface area contributed by atoms with Gasteiger partial charge >= 0.3 is 0 Å². The minimum absolute atomic E-state index is 0.218. The number of carbonyl (C=O) groups is 1. The van der Waals surface area contributed by atoms with E-state index in [1.54, 1.807) is 13.1 Å². The van der Waals surface area contributed by atoms with Gasteiger partial charge in [0.2, 0.25) is 5.91 Å². The van der Waals surface area contributed by atoms with E-state index in [4.69, 9.17) is 5.73 Å². The zero-order valence-electron chi connectivity index (χ0n) is 10.8. The summed E-state index contributed by atoms with van der Waals surface area (Å²) in [5.74, 6) is -0.218. The quantitative estimate of drug-likeness (QED) is 0.871. The lowest BCUT2D eigenvalue weighted by Crippen LogP contribution is -2.48. The molecule has 1 atom stereocenters. The second kappa shape index (κ2) is 5.63. The number of nitrogens with zero attached hydrogens (tertiary/aromatic N) is 1. The zero-order valence-corrected chi connectivity index (χ0v) is 10.8. The summed E-state index contributed by atoms with van der Waals surface area (Å²) in [4.78, 5) is 16.3. The van der Waals surface area contributed by atoms with Gasteiger partial charge in [0.25, 0.3) is 0 Å². The SMILES string of the molecule is CC(N)(C(=O)NCc1ccccn1)c1ccccc1. The molecule has 0 aliphatic carbocycles. The Balaban J connectivity index is 2.03. The molecule has 0 bridgehead atoms. The van der Waals surface area contributed by atoms with Crippen molar-refractivity contribution in [3.8, 4) is 0 Å². The van der Waals surface area contributed by atoms with Crippen LogP contribution in [0.1, 0.15) is 18.2 Å². The van der Waals surface area contributed by atoms with Crippen molar-refractivity contribution in [2.24, 2.45) is 5.73 Å². The average Bonchev–Trinajstić information content (AvgIpc) is 2.46. The summed E-state index contributed by atoms with van der Waals surface area (Å²) in [6.45, 7) is 2.08. The Labute approximate surface area is 112 Å². The van der Waals surface area contributed by atoms with Crippen molar-refractivity contribution < 1.29 is 4.79 Å². The molecule has 1 aromatic carbocycles. The number of amides is 1. The number of hydrogen-bond donors (Lipinski definition) is 2. The normalized spacial score (nSPS) is 13.6. The molecule has 0 saturated heterocycles. The number of pyridine rings is 1. The van der Waals surface area contributed by atoms with Crippen molar-refractivity contribution in [3.05, 3.63) is 66.0 Å². The summed E-state index contributed by atoms with van der Waals surface area (Å²) < 4.78 is 0. The smallest absolute Gasteiger partial charge is 0.244 e. The Hall–Kier alpha value is -2.20. The maximum atomic E-state index is 12.2. The van der Waals surface area contributed by atoms with Crippen molar-refractivity contribution in [1.29, 1.82) is 0 Å². The highest BCUT2D eigenvalue weighted by Crippen LogP contribution is 2.17. The highest BCUT2D eigenvalue weighted by molar-refractivity contribution is 5.86. The lowest BCUT2D eigenvalue weighted by atomic mass is 9.92. The molecular weight excluding hydrogens is 238 g/mol. The van der Waals surface area contributed by atoms with Crippen LogP contribution in [0, 0.1) is 0 Å². The third-order valence-electron chi connectivity index (χ3n) is 3.00. The number of carbonyl (C=O) groups excluding carboxylic acids is 1. The largest absolute Gasteiger partial charge is 0.349 e. The summed E-state index contributed by atoms with van der Waals surface area (Å²) in [5.41, 5.74) is 6.66. The first-order chi connectivity index (χ1) is 9.10. The van der Waals surface area contributed by atoms with Crippen molar-refractivity contribution in [3.63, 3.8) is 0 Å². The molecule has 1 heterocycles. The predicted molar refractivity (Wildman–Crippen MR) is 74.1 cm³/mol. The van der Waals surface area contributed by atoms with Crippen molar-refractivity contribution in [2.75, 3.05) is 0 Å². The Morgan fingerprint density at radius 1 is 1.21 bits per heavy atom. The van der Waals surface area contributed by atoms with E-state index in [0.29, 0.717) is 6.54 Å². The Kier molecular flexibility index (Phi) is 3.92. The number of nitrogens with two attached hydrogens (primary N) is 1. The van der Waals surface area contributed by atoms with Gasteiger partial charge < -0.3 is 11.1 Å². The van der Waals surface area contributed by atoms with Gasteiger partial charge in [-0.15, -0.1) is 0 Å². The highest BCUT2D eigenvalue weighted by atomic mass is 16.2. The fourth-order valence-electron chi connectivity index (χ4n) is 1.77. The van der Waals surface area contributed by atoms with Gasteiger partial charge in [0.1, 0.15) is 5.54 Å². The molecule has 1 unspecified atom stereocenters. The van der Waals surface area contributed by atoms with E-state index in [-0.39, 0.29) is 5.91 Å². The van der Waals surface area contributed by atoms with Crippen LogP contribution in [0.2, 0.25) is 0 Å². The fraction of sp³-hybridized carbons (Fsp3) is 0.200. The van der Waals surface area contributed by atoms with Gasteiger partial charge in [-0.05, 0) is 24.6 Å². The molecule has 3 N–H and O–H groups in total. The maximum Gasteiger partial charge on any atom is 0.244 e. The fourth-order valence-corrected chi connectivity index (χ4v) is 1.77. The monoisotopic (exact) mass is 255 g/mol. The predicted octanol–water partition coefficient (Wildman–Crippen LogP) is 1.57. The van der Waals surface area contributed by atoms with E-state index >= 15 is 0 Å². The van der Waals surface area contributed by atoms with Crippen LogP contribution in [0.5, 0.6) is 0 Å². The summed E-state index contributed by atoms with van der Waals surface area (Å²) >= 11 is 0. The van der Waals surface area contributed by atoms with Crippen molar-refractivity contribution >= 4 is 5.91 Å². The van der Waals surface area contributed by atoms with Gasteiger partial charge in [-0.3, -0.25) is 9.78 Å². The van der Waals surface area contributed by atoms with Crippen LogP contribution in [0.4, 0.5) is 0 Å². The molecule has 1 aromatic heterocycles. The summed E-state index contributed by atoms with van der Waals surface area (Å²) in [6, 6.07) is 14.9. The van der Waals surface area contributed by atoms with Gasteiger partial charge in [-0.2, -0.15) is 0 Å². The minimum Gasteiger partial charge on any atom is -0.349 e. The Bertz CT molecular complexity index is 538. The zero-order chi connectivity index (χ0) is 13.7. The van der Waals surface area contributed by atoms with E-state index in [1.807, 2.05) is 48.5 Å². The van der Waals surface area contributed by atoms with Crippen molar-refractivity contribution in [1.82, 2.24) is 10.3 Å².